The lowest BCUT2D eigenvalue weighted by molar-refractivity contribution is 0.593. The molecule has 0 radical (unpaired) electrons. The Kier molecular flexibility index (Phi) is 4.61. The normalized spacial score (nSPS) is 11.6. The van der Waals surface area contributed by atoms with Gasteiger partial charge in [-0.2, -0.15) is 0 Å². The van der Waals surface area contributed by atoms with Crippen molar-refractivity contribution >= 4 is 21.4 Å². The van der Waals surface area contributed by atoms with Crippen LogP contribution < -0.4 is 0 Å². The molecule has 2 nitrogen and oxygen atoms in total. The fourth-order valence-corrected chi connectivity index (χ4v) is 2.81. The van der Waals surface area contributed by atoms with Crippen molar-refractivity contribution < 1.29 is 8.42 Å². The maximum absolute atomic E-state index is 11.8. The zero-order chi connectivity index (χ0) is 11.3. The first-order valence-corrected chi connectivity index (χ1v) is 7.10. The molecule has 1 aromatic carbocycles. The van der Waals surface area contributed by atoms with Crippen LogP contribution >= 0.6 is 11.6 Å². The average molecular weight is 247 g/mol. The Morgan fingerprint density at radius 2 is 1.73 bits per heavy atom. The highest BCUT2D eigenvalue weighted by molar-refractivity contribution is 7.91. The highest BCUT2D eigenvalue weighted by Gasteiger charge is 2.12. The van der Waals surface area contributed by atoms with Crippen LogP contribution in [-0.2, 0) is 9.84 Å². The topological polar surface area (TPSA) is 34.1 Å². The molecule has 1 aromatic rings. The maximum Gasteiger partial charge on any atom is 0.178 e. The number of rotatable bonds is 5. The summed E-state index contributed by atoms with van der Waals surface area (Å²) in [5, 5.41) is 0. The second kappa shape index (κ2) is 5.52. The molecule has 4 heteroatoms. The summed E-state index contributed by atoms with van der Waals surface area (Å²) in [7, 11) is -3.11. The maximum atomic E-state index is 11.8. The Morgan fingerprint density at radius 3 is 2.27 bits per heavy atom. The molecule has 0 spiro atoms. The van der Waals surface area contributed by atoms with Crippen LogP contribution in [0.25, 0.3) is 0 Å². The molecule has 15 heavy (non-hydrogen) atoms. The lowest BCUT2D eigenvalue weighted by atomic mass is 10.2. The van der Waals surface area contributed by atoms with Gasteiger partial charge in [0.05, 0.1) is 10.6 Å². The molecule has 0 aliphatic heterocycles. The van der Waals surface area contributed by atoms with E-state index in [2.05, 4.69) is 0 Å². The molecule has 0 atom stereocenters. The zero-order valence-electron chi connectivity index (χ0n) is 8.74. The van der Waals surface area contributed by atoms with Gasteiger partial charge in [0.25, 0.3) is 0 Å². The molecule has 1 rings (SSSR count). The Hall–Kier alpha value is -0.540. The number of benzene rings is 1. The Labute approximate surface area is 96.2 Å². The summed E-state index contributed by atoms with van der Waals surface area (Å²) >= 11 is 5.50. The standard InChI is InChI=1S/C11H15ClO2S/c1-10-4-6-11(7-5-10)15(13,14)9-3-2-8-12/h4-7H,2-3,8-9H2,1H3. The first-order valence-electron chi connectivity index (χ1n) is 4.91. The van der Waals surface area contributed by atoms with Gasteiger partial charge < -0.3 is 0 Å². The van der Waals surface area contributed by atoms with E-state index in [1.165, 1.54) is 0 Å². The molecule has 0 fully saturated rings. The largest absolute Gasteiger partial charge is 0.224 e. The van der Waals surface area contributed by atoms with Crippen molar-refractivity contribution in [2.45, 2.75) is 24.7 Å². The Balaban J connectivity index is 2.73. The molecule has 0 unspecified atom stereocenters. The van der Waals surface area contributed by atoms with Gasteiger partial charge in [0, 0.05) is 5.88 Å². The third kappa shape index (κ3) is 3.84. The number of aryl methyl sites for hydroxylation is 1. The number of hydrogen-bond donors (Lipinski definition) is 0. The van der Waals surface area contributed by atoms with Crippen LogP contribution in [0, 0.1) is 6.92 Å². The second-order valence-corrected chi connectivity index (χ2v) is 6.02. The molecule has 0 heterocycles. The summed E-state index contributed by atoms with van der Waals surface area (Å²) in [5.41, 5.74) is 1.06. The van der Waals surface area contributed by atoms with Gasteiger partial charge in [-0.15, -0.1) is 11.6 Å². The van der Waals surface area contributed by atoms with E-state index < -0.39 is 9.84 Å². The van der Waals surface area contributed by atoms with Crippen LogP contribution in [-0.4, -0.2) is 20.1 Å². The molecule has 0 aliphatic rings. The van der Waals surface area contributed by atoms with Gasteiger partial charge in [-0.3, -0.25) is 0 Å². The molecule has 0 saturated carbocycles. The number of alkyl halides is 1. The summed E-state index contributed by atoms with van der Waals surface area (Å²) in [6.07, 6.45) is 1.37. The van der Waals surface area contributed by atoms with E-state index in [-0.39, 0.29) is 5.75 Å². The van der Waals surface area contributed by atoms with Crippen molar-refractivity contribution in [3.63, 3.8) is 0 Å². The summed E-state index contributed by atoms with van der Waals surface area (Å²) in [5.74, 6) is 0.701. The van der Waals surface area contributed by atoms with Gasteiger partial charge in [0.1, 0.15) is 0 Å². The lowest BCUT2D eigenvalue weighted by Crippen LogP contribution is -2.06. The van der Waals surface area contributed by atoms with Crippen LogP contribution in [0.5, 0.6) is 0 Å². The van der Waals surface area contributed by atoms with Crippen LogP contribution in [0.3, 0.4) is 0 Å². The van der Waals surface area contributed by atoms with Gasteiger partial charge in [-0.25, -0.2) is 8.42 Å². The predicted molar refractivity (Wildman–Crippen MR) is 63.2 cm³/mol. The minimum Gasteiger partial charge on any atom is -0.224 e. The van der Waals surface area contributed by atoms with Gasteiger partial charge in [0.15, 0.2) is 9.84 Å². The number of halogens is 1. The highest BCUT2D eigenvalue weighted by atomic mass is 35.5. The molecular formula is C11H15ClO2S. The van der Waals surface area contributed by atoms with E-state index in [9.17, 15) is 8.42 Å². The molecule has 0 aromatic heterocycles. The third-order valence-corrected chi connectivity index (χ3v) is 4.26. The molecule has 0 N–H and O–H groups in total. The minimum atomic E-state index is -3.11. The van der Waals surface area contributed by atoms with Crippen molar-refractivity contribution in [3.8, 4) is 0 Å². The van der Waals surface area contributed by atoms with Crippen molar-refractivity contribution in [1.82, 2.24) is 0 Å². The molecular weight excluding hydrogens is 232 g/mol. The number of unbranched alkanes of at least 4 members (excludes halogenated alkanes) is 1. The monoisotopic (exact) mass is 246 g/mol. The first kappa shape index (κ1) is 12.5. The van der Waals surface area contributed by atoms with E-state index in [1.54, 1.807) is 12.1 Å². The van der Waals surface area contributed by atoms with Gasteiger partial charge in [-0.05, 0) is 31.9 Å². The van der Waals surface area contributed by atoms with Crippen LogP contribution in [0.1, 0.15) is 18.4 Å². The van der Waals surface area contributed by atoms with Gasteiger partial charge >= 0.3 is 0 Å². The first-order chi connectivity index (χ1) is 7.06. The Morgan fingerprint density at radius 1 is 1.13 bits per heavy atom. The summed E-state index contributed by atoms with van der Waals surface area (Å²) in [4.78, 5) is 0.405. The number of hydrogen-bond acceptors (Lipinski definition) is 2. The summed E-state index contributed by atoms with van der Waals surface area (Å²) in [6.45, 7) is 1.93. The summed E-state index contributed by atoms with van der Waals surface area (Å²) in [6, 6.07) is 6.94. The van der Waals surface area contributed by atoms with Crippen LogP contribution in [0.2, 0.25) is 0 Å². The van der Waals surface area contributed by atoms with Crippen molar-refractivity contribution in [2.24, 2.45) is 0 Å². The van der Waals surface area contributed by atoms with Gasteiger partial charge in [-0.1, -0.05) is 17.7 Å². The predicted octanol–water partition coefficient (Wildman–Crippen LogP) is 2.79. The smallest absolute Gasteiger partial charge is 0.178 e. The van der Waals surface area contributed by atoms with E-state index in [0.717, 1.165) is 12.0 Å². The summed E-state index contributed by atoms with van der Waals surface area (Å²) < 4.78 is 23.6. The van der Waals surface area contributed by atoms with E-state index in [4.69, 9.17) is 11.6 Å². The third-order valence-electron chi connectivity index (χ3n) is 2.18. The molecule has 0 amide bonds. The fraction of sp³-hybridized carbons (Fsp3) is 0.455. The molecule has 0 bridgehead atoms. The Bertz CT molecular complexity index is 395. The van der Waals surface area contributed by atoms with Crippen molar-refractivity contribution in [3.05, 3.63) is 29.8 Å². The van der Waals surface area contributed by atoms with E-state index >= 15 is 0 Å². The zero-order valence-corrected chi connectivity index (χ0v) is 10.3. The molecule has 84 valence electrons. The highest BCUT2D eigenvalue weighted by Crippen LogP contribution is 2.13. The second-order valence-electron chi connectivity index (χ2n) is 3.53. The minimum absolute atomic E-state index is 0.183. The van der Waals surface area contributed by atoms with Crippen LogP contribution in [0.4, 0.5) is 0 Å². The fourth-order valence-electron chi connectivity index (χ4n) is 1.25. The van der Waals surface area contributed by atoms with Crippen LogP contribution in [0.15, 0.2) is 29.2 Å². The quantitative estimate of drug-likeness (QED) is 0.591. The van der Waals surface area contributed by atoms with E-state index in [1.807, 2.05) is 19.1 Å². The average Bonchev–Trinajstić information content (AvgIpc) is 2.18. The van der Waals surface area contributed by atoms with Crippen molar-refractivity contribution in [2.75, 3.05) is 11.6 Å². The lowest BCUT2D eigenvalue weighted by Gasteiger charge is -2.03. The molecule has 0 saturated heterocycles. The SMILES string of the molecule is Cc1ccc(S(=O)(=O)CCCCCl)cc1. The number of sulfone groups is 1. The van der Waals surface area contributed by atoms with E-state index in [0.29, 0.717) is 17.2 Å². The van der Waals surface area contributed by atoms with Gasteiger partial charge in [0.2, 0.25) is 0 Å². The van der Waals surface area contributed by atoms with Crippen molar-refractivity contribution in [1.29, 1.82) is 0 Å². The molecule has 0 aliphatic carbocycles.